The standard InChI is InChI=1S/C24H22ClN3O3S/c1-3-31-23(30)18-7-9-19(10-8-18)28(15-17-5-4-12-26-14-17)24(32)27-22(29)20-11-6-16(2)13-21(20)25/h4-14H,3,15H2,1-2H3,(H,27,29,32). The van der Waals surface area contributed by atoms with Crippen LogP contribution >= 0.6 is 23.8 Å². The smallest absolute Gasteiger partial charge is 0.338 e. The summed E-state index contributed by atoms with van der Waals surface area (Å²) >= 11 is 11.8. The van der Waals surface area contributed by atoms with Crippen molar-refractivity contribution in [1.82, 2.24) is 10.3 Å². The first kappa shape index (κ1) is 23.4. The molecule has 3 aromatic rings. The summed E-state index contributed by atoms with van der Waals surface area (Å²) in [7, 11) is 0. The lowest BCUT2D eigenvalue weighted by Gasteiger charge is -2.26. The molecular formula is C24H22ClN3O3S. The maximum Gasteiger partial charge on any atom is 0.338 e. The minimum absolute atomic E-state index is 0.194. The monoisotopic (exact) mass is 467 g/mol. The van der Waals surface area contributed by atoms with Gasteiger partial charge in [0, 0.05) is 18.1 Å². The molecule has 32 heavy (non-hydrogen) atoms. The van der Waals surface area contributed by atoms with Gasteiger partial charge in [0.15, 0.2) is 5.11 Å². The van der Waals surface area contributed by atoms with E-state index in [9.17, 15) is 9.59 Å². The number of benzene rings is 2. The van der Waals surface area contributed by atoms with Crippen LogP contribution in [0, 0.1) is 6.92 Å². The number of halogens is 1. The molecule has 2 aromatic carbocycles. The number of nitrogens with one attached hydrogen (secondary N) is 1. The highest BCUT2D eigenvalue weighted by Gasteiger charge is 2.19. The number of hydrogen-bond donors (Lipinski definition) is 1. The SMILES string of the molecule is CCOC(=O)c1ccc(N(Cc2cccnc2)C(=S)NC(=O)c2ccc(C)cc2Cl)cc1. The zero-order chi connectivity index (χ0) is 23.1. The number of rotatable bonds is 6. The van der Waals surface area contributed by atoms with Gasteiger partial charge in [-0.25, -0.2) is 4.79 Å². The molecule has 1 N–H and O–H groups in total. The normalized spacial score (nSPS) is 10.3. The highest BCUT2D eigenvalue weighted by molar-refractivity contribution is 7.80. The van der Waals surface area contributed by atoms with Crippen LogP contribution in [0.25, 0.3) is 0 Å². The van der Waals surface area contributed by atoms with Gasteiger partial charge in [-0.15, -0.1) is 0 Å². The van der Waals surface area contributed by atoms with Crippen LogP contribution < -0.4 is 10.2 Å². The van der Waals surface area contributed by atoms with E-state index in [1.165, 1.54) is 0 Å². The van der Waals surface area contributed by atoms with Gasteiger partial charge < -0.3 is 9.64 Å². The maximum atomic E-state index is 12.8. The Hall–Kier alpha value is -3.29. The molecule has 0 aliphatic heterocycles. The number of amides is 1. The second-order valence-electron chi connectivity index (χ2n) is 6.96. The van der Waals surface area contributed by atoms with Gasteiger partial charge >= 0.3 is 5.97 Å². The number of carbonyl (C=O) groups excluding carboxylic acids is 2. The van der Waals surface area contributed by atoms with Crippen molar-refractivity contribution in [3.8, 4) is 0 Å². The van der Waals surface area contributed by atoms with Crippen molar-refractivity contribution in [2.45, 2.75) is 20.4 Å². The number of pyridine rings is 1. The number of ether oxygens (including phenoxy) is 1. The third-order valence-corrected chi connectivity index (χ3v) is 5.22. The number of aromatic nitrogens is 1. The molecule has 0 unspecified atom stereocenters. The van der Waals surface area contributed by atoms with Crippen LogP contribution in [0.2, 0.25) is 5.02 Å². The molecule has 1 heterocycles. The Labute approximate surface area is 197 Å². The second-order valence-corrected chi connectivity index (χ2v) is 7.75. The largest absolute Gasteiger partial charge is 0.462 e. The van der Waals surface area contributed by atoms with E-state index in [0.717, 1.165) is 11.1 Å². The molecule has 1 amide bonds. The van der Waals surface area contributed by atoms with E-state index >= 15 is 0 Å². The molecular weight excluding hydrogens is 446 g/mol. The lowest BCUT2D eigenvalue weighted by molar-refractivity contribution is 0.0526. The molecule has 0 radical (unpaired) electrons. The fourth-order valence-corrected chi connectivity index (χ4v) is 3.57. The van der Waals surface area contributed by atoms with Gasteiger partial charge in [0.2, 0.25) is 0 Å². The van der Waals surface area contributed by atoms with Gasteiger partial charge in [0.25, 0.3) is 5.91 Å². The first-order valence-corrected chi connectivity index (χ1v) is 10.7. The summed E-state index contributed by atoms with van der Waals surface area (Å²) in [6.07, 6.45) is 3.41. The first-order chi connectivity index (χ1) is 15.4. The van der Waals surface area contributed by atoms with Gasteiger partial charge in [-0.3, -0.25) is 15.1 Å². The molecule has 0 bridgehead atoms. The van der Waals surface area contributed by atoms with Gasteiger partial charge in [-0.1, -0.05) is 23.7 Å². The Morgan fingerprint density at radius 1 is 1.16 bits per heavy atom. The van der Waals surface area contributed by atoms with Crippen molar-refractivity contribution in [3.05, 3.63) is 94.3 Å². The topological polar surface area (TPSA) is 71.5 Å². The molecule has 3 rings (SSSR count). The Morgan fingerprint density at radius 3 is 2.53 bits per heavy atom. The quantitative estimate of drug-likeness (QED) is 0.409. The van der Waals surface area contributed by atoms with E-state index < -0.39 is 11.9 Å². The third-order valence-electron chi connectivity index (χ3n) is 4.59. The minimum atomic E-state index is -0.403. The van der Waals surface area contributed by atoms with E-state index in [1.54, 1.807) is 60.6 Å². The minimum Gasteiger partial charge on any atom is -0.462 e. The summed E-state index contributed by atoms with van der Waals surface area (Å²) in [5.41, 5.74) is 3.31. The Bertz CT molecular complexity index is 1120. The number of nitrogens with zero attached hydrogens (tertiary/aromatic N) is 2. The summed E-state index contributed by atoms with van der Waals surface area (Å²) in [5, 5.41) is 3.30. The second kappa shape index (κ2) is 10.8. The molecule has 0 saturated heterocycles. The number of thiocarbonyl (C=S) groups is 1. The predicted molar refractivity (Wildman–Crippen MR) is 129 cm³/mol. The van der Waals surface area contributed by atoms with Crippen LogP contribution in [-0.4, -0.2) is 28.6 Å². The number of anilines is 1. The molecule has 6 nitrogen and oxygen atoms in total. The maximum absolute atomic E-state index is 12.8. The summed E-state index contributed by atoms with van der Waals surface area (Å²) in [4.78, 5) is 30.7. The third kappa shape index (κ3) is 5.90. The summed E-state index contributed by atoms with van der Waals surface area (Å²) < 4.78 is 5.04. The van der Waals surface area contributed by atoms with Crippen LogP contribution in [0.15, 0.2) is 67.0 Å². The van der Waals surface area contributed by atoms with Crippen LogP contribution in [0.3, 0.4) is 0 Å². The molecule has 0 atom stereocenters. The molecule has 8 heteroatoms. The van der Waals surface area contributed by atoms with E-state index in [2.05, 4.69) is 10.3 Å². The highest BCUT2D eigenvalue weighted by atomic mass is 35.5. The van der Waals surface area contributed by atoms with Gasteiger partial charge in [0.05, 0.1) is 29.3 Å². The van der Waals surface area contributed by atoms with E-state index in [4.69, 9.17) is 28.6 Å². The predicted octanol–water partition coefficient (Wildman–Crippen LogP) is 4.94. The number of aryl methyl sites for hydroxylation is 1. The Balaban J connectivity index is 1.86. The van der Waals surface area contributed by atoms with Crippen molar-refractivity contribution in [3.63, 3.8) is 0 Å². The van der Waals surface area contributed by atoms with Crippen molar-refractivity contribution < 1.29 is 14.3 Å². The number of esters is 1. The molecule has 0 aliphatic rings. The fourth-order valence-electron chi connectivity index (χ4n) is 2.98. The van der Waals surface area contributed by atoms with E-state index in [0.29, 0.717) is 35.0 Å². The van der Waals surface area contributed by atoms with E-state index in [-0.39, 0.29) is 5.11 Å². The summed E-state index contributed by atoms with van der Waals surface area (Å²) in [5.74, 6) is -0.804. The molecule has 164 valence electrons. The van der Waals surface area contributed by atoms with Crippen molar-refractivity contribution in [2.75, 3.05) is 11.5 Å². The molecule has 1 aromatic heterocycles. The average Bonchev–Trinajstić information content (AvgIpc) is 2.78. The lowest BCUT2D eigenvalue weighted by atomic mass is 10.1. The summed E-state index contributed by atoms with van der Waals surface area (Å²) in [6, 6.07) is 15.7. The highest BCUT2D eigenvalue weighted by Crippen LogP contribution is 2.21. The zero-order valence-electron chi connectivity index (χ0n) is 17.7. The van der Waals surface area contributed by atoms with E-state index in [1.807, 2.05) is 25.1 Å². The van der Waals surface area contributed by atoms with Crippen LogP contribution in [0.1, 0.15) is 38.8 Å². The molecule has 0 aliphatic carbocycles. The van der Waals surface area contributed by atoms with Crippen molar-refractivity contribution >= 4 is 46.5 Å². The van der Waals surface area contributed by atoms with Crippen LogP contribution in [0.5, 0.6) is 0 Å². The van der Waals surface area contributed by atoms with Crippen molar-refractivity contribution in [1.29, 1.82) is 0 Å². The van der Waals surface area contributed by atoms with Crippen LogP contribution in [-0.2, 0) is 11.3 Å². The fraction of sp³-hybridized carbons (Fsp3) is 0.167. The summed E-state index contributed by atoms with van der Waals surface area (Å²) in [6.45, 7) is 4.32. The van der Waals surface area contributed by atoms with Crippen LogP contribution in [0.4, 0.5) is 5.69 Å². The molecule has 0 fully saturated rings. The molecule has 0 spiro atoms. The Kier molecular flexibility index (Phi) is 7.92. The first-order valence-electron chi connectivity index (χ1n) is 9.94. The number of hydrogen-bond acceptors (Lipinski definition) is 5. The van der Waals surface area contributed by atoms with Gasteiger partial charge in [-0.2, -0.15) is 0 Å². The van der Waals surface area contributed by atoms with Crippen molar-refractivity contribution in [2.24, 2.45) is 0 Å². The average molecular weight is 468 g/mol. The van der Waals surface area contributed by atoms with Gasteiger partial charge in [0.1, 0.15) is 0 Å². The lowest BCUT2D eigenvalue weighted by Crippen LogP contribution is -2.42. The zero-order valence-corrected chi connectivity index (χ0v) is 19.2. The van der Waals surface area contributed by atoms with Gasteiger partial charge in [-0.05, 0) is 79.7 Å². The Morgan fingerprint density at radius 2 is 1.91 bits per heavy atom. The molecule has 0 saturated carbocycles. The number of carbonyl (C=O) groups is 2.